The lowest BCUT2D eigenvalue weighted by atomic mass is 10.2. The van der Waals surface area contributed by atoms with E-state index in [9.17, 15) is 0 Å². The quantitative estimate of drug-likeness (QED) is 0.690. The zero-order valence-electron chi connectivity index (χ0n) is 7.68. The molecule has 1 heterocycles. The smallest absolute Gasteiger partial charge is 0.222 e. The molecule has 0 bridgehead atoms. The molecule has 0 aromatic carbocycles. The number of anilines is 2. The summed E-state index contributed by atoms with van der Waals surface area (Å²) in [7, 11) is 0. The van der Waals surface area contributed by atoms with E-state index in [-0.39, 0.29) is 0 Å². The van der Waals surface area contributed by atoms with Crippen molar-refractivity contribution in [2.45, 2.75) is 20.8 Å². The molecule has 0 amide bonds. The maximum atomic E-state index is 5.50. The van der Waals surface area contributed by atoms with Gasteiger partial charge in [-0.1, -0.05) is 0 Å². The molecule has 4 nitrogen and oxygen atoms in total. The number of aryl methyl sites for hydroxylation is 1. The molecule has 0 aliphatic heterocycles. The van der Waals surface area contributed by atoms with Crippen molar-refractivity contribution in [1.29, 1.82) is 0 Å². The van der Waals surface area contributed by atoms with Gasteiger partial charge in [0, 0.05) is 17.8 Å². The monoisotopic (exact) mass is 166 g/mol. The first-order valence-electron chi connectivity index (χ1n) is 3.99. The van der Waals surface area contributed by atoms with E-state index in [1.165, 1.54) is 0 Å². The molecule has 0 atom stereocenters. The molecule has 0 spiro atoms. The highest BCUT2D eigenvalue weighted by atomic mass is 15.1. The van der Waals surface area contributed by atoms with Gasteiger partial charge in [0.15, 0.2) is 0 Å². The van der Waals surface area contributed by atoms with Crippen LogP contribution in [-0.2, 0) is 0 Å². The molecule has 12 heavy (non-hydrogen) atoms. The van der Waals surface area contributed by atoms with Crippen molar-refractivity contribution in [2.24, 2.45) is 0 Å². The van der Waals surface area contributed by atoms with Gasteiger partial charge in [0.2, 0.25) is 5.95 Å². The minimum atomic E-state index is 0.328. The van der Waals surface area contributed by atoms with Crippen LogP contribution in [0.5, 0.6) is 0 Å². The third-order valence-electron chi connectivity index (χ3n) is 1.75. The zero-order chi connectivity index (χ0) is 9.14. The summed E-state index contributed by atoms with van der Waals surface area (Å²) in [4.78, 5) is 8.12. The number of hydrogen-bond donors (Lipinski definition) is 2. The number of nitrogen functional groups attached to an aromatic ring is 1. The fraction of sp³-hybridized carbons (Fsp3) is 0.500. The Kier molecular flexibility index (Phi) is 2.47. The topological polar surface area (TPSA) is 63.8 Å². The summed E-state index contributed by atoms with van der Waals surface area (Å²) in [5, 5.41) is 3.13. The standard InChI is InChI=1S/C8H14N4/c1-4-10-7-5(2)6(3)11-8(9)12-7/h4H2,1-3H3,(H3,9,10,11,12). The second kappa shape index (κ2) is 3.38. The molecule has 1 aromatic heterocycles. The first-order valence-corrected chi connectivity index (χ1v) is 3.99. The Bertz CT molecular complexity index is 283. The molecule has 0 fully saturated rings. The second-order valence-electron chi connectivity index (χ2n) is 2.67. The van der Waals surface area contributed by atoms with Crippen LogP contribution in [0.2, 0.25) is 0 Å². The predicted molar refractivity (Wildman–Crippen MR) is 50.1 cm³/mol. The van der Waals surface area contributed by atoms with E-state index in [2.05, 4.69) is 15.3 Å². The van der Waals surface area contributed by atoms with E-state index >= 15 is 0 Å². The summed E-state index contributed by atoms with van der Waals surface area (Å²) in [6, 6.07) is 0. The molecule has 0 saturated heterocycles. The molecule has 4 heteroatoms. The second-order valence-corrected chi connectivity index (χ2v) is 2.67. The lowest BCUT2D eigenvalue weighted by molar-refractivity contribution is 1.05. The zero-order valence-corrected chi connectivity index (χ0v) is 7.68. The van der Waals surface area contributed by atoms with Gasteiger partial charge in [-0.15, -0.1) is 0 Å². The average Bonchev–Trinajstić information content (AvgIpc) is 2.00. The van der Waals surface area contributed by atoms with Gasteiger partial charge in [-0.25, -0.2) is 4.98 Å². The fourth-order valence-corrected chi connectivity index (χ4v) is 0.990. The van der Waals surface area contributed by atoms with Gasteiger partial charge in [-0.2, -0.15) is 4.98 Å². The molecular formula is C8H14N4. The van der Waals surface area contributed by atoms with Crippen LogP contribution in [0.15, 0.2) is 0 Å². The van der Waals surface area contributed by atoms with Crippen molar-refractivity contribution in [2.75, 3.05) is 17.6 Å². The van der Waals surface area contributed by atoms with E-state index in [4.69, 9.17) is 5.73 Å². The molecular weight excluding hydrogens is 152 g/mol. The van der Waals surface area contributed by atoms with Crippen LogP contribution in [0.3, 0.4) is 0 Å². The van der Waals surface area contributed by atoms with Gasteiger partial charge in [0.25, 0.3) is 0 Å². The van der Waals surface area contributed by atoms with E-state index in [0.29, 0.717) is 5.95 Å². The lowest BCUT2D eigenvalue weighted by Crippen LogP contribution is -2.07. The maximum Gasteiger partial charge on any atom is 0.222 e. The largest absolute Gasteiger partial charge is 0.370 e. The van der Waals surface area contributed by atoms with Gasteiger partial charge in [0.05, 0.1) is 0 Å². The average molecular weight is 166 g/mol. The van der Waals surface area contributed by atoms with Crippen LogP contribution in [0.4, 0.5) is 11.8 Å². The minimum absolute atomic E-state index is 0.328. The fourth-order valence-electron chi connectivity index (χ4n) is 0.990. The van der Waals surface area contributed by atoms with Gasteiger partial charge >= 0.3 is 0 Å². The van der Waals surface area contributed by atoms with Crippen LogP contribution >= 0.6 is 0 Å². The van der Waals surface area contributed by atoms with Gasteiger partial charge in [0.1, 0.15) is 5.82 Å². The minimum Gasteiger partial charge on any atom is -0.370 e. The van der Waals surface area contributed by atoms with E-state index in [0.717, 1.165) is 23.6 Å². The summed E-state index contributed by atoms with van der Waals surface area (Å²) in [5.74, 6) is 1.16. The molecule has 0 radical (unpaired) electrons. The van der Waals surface area contributed by atoms with Gasteiger partial charge in [-0.05, 0) is 20.8 Å². The van der Waals surface area contributed by atoms with Gasteiger partial charge in [-0.3, -0.25) is 0 Å². The summed E-state index contributed by atoms with van der Waals surface area (Å²) in [6.07, 6.45) is 0. The van der Waals surface area contributed by atoms with Crippen LogP contribution in [0.25, 0.3) is 0 Å². The van der Waals surface area contributed by atoms with E-state index in [1.807, 2.05) is 20.8 Å². The van der Waals surface area contributed by atoms with Crippen LogP contribution in [0.1, 0.15) is 18.2 Å². The molecule has 0 saturated carbocycles. The van der Waals surface area contributed by atoms with Crippen molar-refractivity contribution in [3.63, 3.8) is 0 Å². The van der Waals surface area contributed by atoms with E-state index < -0.39 is 0 Å². The Morgan fingerprint density at radius 2 is 2.00 bits per heavy atom. The van der Waals surface area contributed by atoms with Crippen LogP contribution in [0, 0.1) is 13.8 Å². The van der Waals surface area contributed by atoms with Crippen molar-refractivity contribution in [3.05, 3.63) is 11.3 Å². The Morgan fingerprint density at radius 1 is 1.33 bits per heavy atom. The van der Waals surface area contributed by atoms with E-state index in [1.54, 1.807) is 0 Å². The van der Waals surface area contributed by atoms with Crippen molar-refractivity contribution in [3.8, 4) is 0 Å². The van der Waals surface area contributed by atoms with Gasteiger partial charge < -0.3 is 11.1 Å². The Balaban J connectivity index is 3.09. The highest BCUT2D eigenvalue weighted by Gasteiger charge is 2.03. The molecule has 1 rings (SSSR count). The SMILES string of the molecule is CCNc1nc(N)nc(C)c1C. The summed E-state index contributed by atoms with van der Waals surface area (Å²) < 4.78 is 0. The maximum absolute atomic E-state index is 5.50. The van der Waals surface area contributed by atoms with Crippen LogP contribution < -0.4 is 11.1 Å². The first kappa shape index (κ1) is 8.77. The number of nitrogens with one attached hydrogen (secondary N) is 1. The summed E-state index contributed by atoms with van der Waals surface area (Å²) in [5.41, 5.74) is 7.49. The third kappa shape index (κ3) is 1.64. The summed E-state index contributed by atoms with van der Waals surface area (Å²) in [6.45, 7) is 6.77. The number of rotatable bonds is 2. The number of aromatic nitrogens is 2. The highest BCUT2D eigenvalue weighted by Crippen LogP contribution is 2.14. The first-order chi connectivity index (χ1) is 5.65. The van der Waals surface area contributed by atoms with Crippen molar-refractivity contribution in [1.82, 2.24) is 9.97 Å². The third-order valence-corrected chi connectivity index (χ3v) is 1.75. The molecule has 1 aromatic rings. The molecule has 66 valence electrons. The van der Waals surface area contributed by atoms with Crippen LogP contribution in [-0.4, -0.2) is 16.5 Å². The predicted octanol–water partition coefficient (Wildman–Crippen LogP) is 1.11. The Labute approximate surface area is 72.2 Å². The molecule has 0 aliphatic rings. The molecule has 0 aliphatic carbocycles. The van der Waals surface area contributed by atoms with Crippen molar-refractivity contribution < 1.29 is 0 Å². The van der Waals surface area contributed by atoms with Crippen molar-refractivity contribution >= 4 is 11.8 Å². The highest BCUT2D eigenvalue weighted by molar-refractivity contribution is 5.48. The molecule has 0 unspecified atom stereocenters. The lowest BCUT2D eigenvalue weighted by Gasteiger charge is -2.08. The normalized spacial score (nSPS) is 9.92. The number of nitrogens with zero attached hydrogens (tertiary/aromatic N) is 2. The summed E-state index contributed by atoms with van der Waals surface area (Å²) >= 11 is 0. The number of nitrogens with two attached hydrogens (primary N) is 1. The molecule has 3 N–H and O–H groups in total. The number of hydrogen-bond acceptors (Lipinski definition) is 4. The Morgan fingerprint density at radius 3 is 2.58 bits per heavy atom. The Hall–Kier alpha value is -1.32.